The molecular weight excluding hydrogens is 108 g/mol. The van der Waals surface area contributed by atoms with Crippen molar-refractivity contribution in [2.45, 2.75) is 6.92 Å². The molecule has 0 aromatic heterocycles. The van der Waals surface area contributed by atoms with Gasteiger partial charge in [-0.15, -0.1) is 0 Å². The van der Waals surface area contributed by atoms with E-state index in [0.717, 1.165) is 0 Å². The molecule has 0 saturated heterocycles. The Kier molecular flexibility index (Phi) is 2.95. The monoisotopic (exact) mass is 116 g/mol. The van der Waals surface area contributed by atoms with Crippen LogP contribution in [0.3, 0.4) is 0 Å². The minimum Gasteiger partial charge on any atom is -0.352 e. The maximum atomic E-state index is 9.92. The minimum atomic E-state index is -0.682. The van der Waals surface area contributed by atoms with Crippen LogP contribution in [0.1, 0.15) is 6.92 Å². The molecule has 3 N–H and O–H groups in total. The molecule has 0 atom stereocenters. The standard InChI is InChI=1S/C4H8N2O2/c1-3(2-7)6-4(5)8/h2H2,1H3,(H3,5,6,8). The molecule has 2 radical (unpaired) electrons. The van der Waals surface area contributed by atoms with Crippen molar-refractivity contribution in [2.24, 2.45) is 5.73 Å². The van der Waals surface area contributed by atoms with Gasteiger partial charge in [0.25, 0.3) is 0 Å². The van der Waals surface area contributed by atoms with Crippen molar-refractivity contribution in [2.75, 3.05) is 6.61 Å². The molecule has 0 heterocycles. The first-order valence-electron chi connectivity index (χ1n) is 2.14. The lowest BCUT2D eigenvalue weighted by molar-refractivity contribution is 0.195. The second-order valence-electron chi connectivity index (χ2n) is 1.41. The van der Waals surface area contributed by atoms with Gasteiger partial charge in [0.1, 0.15) is 6.61 Å². The highest BCUT2D eigenvalue weighted by Gasteiger charge is 2.01. The van der Waals surface area contributed by atoms with Gasteiger partial charge in [-0.2, -0.15) is 0 Å². The van der Waals surface area contributed by atoms with E-state index in [1.807, 2.05) is 0 Å². The smallest absolute Gasteiger partial charge is 0.312 e. The molecule has 4 nitrogen and oxygen atoms in total. The summed E-state index contributed by atoms with van der Waals surface area (Å²) >= 11 is 0. The van der Waals surface area contributed by atoms with E-state index in [2.05, 4.69) is 11.1 Å². The van der Waals surface area contributed by atoms with Gasteiger partial charge in [-0.25, -0.2) is 9.90 Å². The molecule has 8 heavy (non-hydrogen) atoms. The molecule has 4 heteroatoms. The molecule has 0 aliphatic rings. The van der Waals surface area contributed by atoms with Crippen molar-refractivity contribution in [3.63, 3.8) is 0 Å². The van der Waals surface area contributed by atoms with Gasteiger partial charge < -0.3 is 11.1 Å². The van der Waals surface area contributed by atoms with Gasteiger partial charge in [0.05, 0.1) is 6.04 Å². The topological polar surface area (TPSA) is 75.0 Å². The van der Waals surface area contributed by atoms with E-state index in [4.69, 9.17) is 0 Å². The summed E-state index contributed by atoms with van der Waals surface area (Å²) in [6.07, 6.45) is 0. The highest BCUT2D eigenvalue weighted by molar-refractivity contribution is 5.72. The summed E-state index contributed by atoms with van der Waals surface area (Å²) in [5.74, 6) is 0. The number of hydrogen-bond donors (Lipinski definition) is 2. The van der Waals surface area contributed by atoms with E-state index in [1.54, 1.807) is 0 Å². The SMILES string of the molecule is C[C](C[O])NC(N)=O. The summed E-state index contributed by atoms with van der Waals surface area (Å²) in [5, 5.41) is 12.0. The Bertz CT molecular complexity index is 84.1. The molecule has 0 fully saturated rings. The first-order chi connectivity index (χ1) is 3.66. The maximum Gasteiger partial charge on any atom is 0.312 e. The minimum absolute atomic E-state index is 0.345. The Labute approximate surface area is 47.7 Å². The number of rotatable bonds is 2. The van der Waals surface area contributed by atoms with Crippen LogP contribution in [0.2, 0.25) is 0 Å². The highest BCUT2D eigenvalue weighted by atomic mass is 16.3. The van der Waals surface area contributed by atoms with Crippen molar-refractivity contribution in [3.8, 4) is 0 Å². The normalized spacial score (nSPS) is 9.38. The quantitative estimate of drug-likeness (QED) is 0.507. The summed E-state index contributed by atoms with van der Waals surface area (Å²) in [7, 11) is 0. The molecule has 0 aromatic carbocycles. The zero-order valence-electron chi connectivity index (χ0n) is 4.60. The van der Waals surface area contributed by atoms with Crippen molar-refractivity contribution in [1.29, 1.82) is 0 Å². The number of primary amides is 1. The summed E-state index contributed by atoms with van der Waals surface area (Å²) in [4.78, 5) is 9.92. The number of nitrogens with two attached hydrogens (primary N) is 1. The molecule has 0 rings (SSSR count). The molecule has 0 aromatic rings. The Morgan fingerprint density at radius 2 is 2.25 bits per heavy atom. The molecule has 0 spiro atoms. The van der Waals surface area contributed by atoms with Crippen LogP contribution in [-0.2, 0) is 5.11 Å². The predicted molar refractivity (Wildman–Crippen MR) is 27.2 cm³/mol. The molecule has 0 aliphatic heterocycles. The van der Waals surface area contributed by atoms with Crippen LogP contribution in [-0.4, -0.2) is 12.6 Å². The van der Waals surface area contributed by atoms with E-state index < -0.39 is 12.6 Å². The Morgan fingerprint density at radius 3 is 2.38 bits per heavy atom. The fraction of sp³-hybridized carbons (Fsp3) is 0.500. The van der Waals surface area contributed by atoms with E-state index in [9.17, 15) is 9.90 Å². The van der Waals surface area contributed by atoms with Crippen molar-refractivity contribution < 1.29 is 9.90 Å². The molecule has 0 unspecified atom stereocenters. The van der Waals surface area contributed by atoms with Gasteiger partial charge in [0.2, 0.25) is 0 Å². The Balaban J connectivity index is 3.24. The zero-order valence-corrected chi connectivity index (χ0v) is 4.60. The summed E-state index contributed by atoms with van der Waals surface area (Å²) in [5.41, 5.74) is 4.66. The van der Waals surface area contributed by atoms with Gasteiger partial charge in [-0.1, -0.05) is 0 Å². The van der Waals surface area contributed by atoms with Gasteiger partial charge in [-0.05, 0) is 6.92 Å². The molecule has 0 bridgehead atoms. The predicted octanol–water partition coefficient (Wildman–Crippen LogP) is -0.363. The Hall–Kier alpha value is -0.770. The van der Waals surface area contributed by atoms with Gasteiger partial charge in [-0.3, -0.25) is 0 Å². The lowest BCUT2D eigenvalue weighted by Gasteiger charge is -2.03. The summed E-state index contributed by atoms with van der Waals surface area (Å²) < 4.78 is 0. The average molecular weight is 116 g/mol. The number of urea groups is 1. The maximum absolute atomic E-state index is 9.92. The highest BCUT2D eigenvalue weighted by Crippen LogP contribution is 1.86. The molecule has 46 valence electrons. The Morgan fingerprint density at radius 1 is 1.75 bits per heavy atom. The molecule has 2 amide bonds. The van der Waals surface area contributed by atoms with Crippen LogP contribution in [0.15, 0.2) is 0 Å². The summed E-state index contributed by atoms with van der Waals surface area (Å²) in [6, 6.07) is -0.337. The van der Waals surface area contributed by atoms with E-state index >= 15 is 0 Å². The molecular formula is C4H8N2O2. The summed E-state index contributed by atoms with van der Waals surface area (Å²) in [6.45, 7) is 1.10. The van der Waals surface area contributed by atoms with E-state index in [1.165, 1.54) is 6.92 Å². The third-order valence-electron chi connectivity index (χ3n) is 0.553. The van der Waals surface area contributed by atoms with Crippen molar-refractivity contribution >= 4 is 6.03 Å². The molecule has 0 saturated carbocycles. The third-order valence-corrected chi connectivity index (χ3v) is 0.553. The number of carbonyl (C=O) groups excluding carboxylic acids is 1. The van der Waals surface area contributed by atoms with Crippen LogP contribution in [0.5, 0.6) is 0 Å². The fourth-order valence-corrected chi connectivity index (χ4v) is 0.246. The second kappa shape index (κ2) is 3.26. The van der Waals surface area contributed by atoms with Gasteiger partial charge in [0, 0.05) is 0 Å². The third kappa shape index (κ3) is 3.42. The van der Waals surface area contributed by atoms with Crippen molar-refractivity contribution in [3.05, 3.63) is 6.04 Å². The fourth-order valence-electron chi connectivity index (χ4n) is 0.246. The van der Waals surface area contributed by atoms with Crippen molar-refractivity contribution in [1.82, 2.24) is 5.32 Å². The van der Waals surface area contributed by atoms with Crippen LogP contribution in [0.4, 0.5) is 4.79 Å². The number of carbonyl (C=O) groups is 1. The number of nitrogens with one attached hydrogen (secondary N) is 1. The van der Waals surface area contributed by atoms with Crippen LogP contribution in [0.25, 0.3) is 0 Å². The van der Waals surface area contributed by atoms with Gasteiger partial charge >= 0.3 is 6.03 Å². The van der Waals surface area contributed by atoms with Gasteiger partial charge in [0.15, 0.2) is 0 Å². The second-order valence-corrected chi connectivity index (χ2v) is 1.41. The number of amides is 2. The lowest BCUT2D eigenvalue weighted by Crippen LogP contribution is -2.33. The first kappa shape index (κ1) is 7.23. The average Bonchev–Trinajstić information content (AvgIpc) is 1.65. The number of hydrogen-bond acceptors (Lipinski definition) is 1. The van der Waals surface area contributed by atoms with E-state index in [0.29, 0.717) is 6.04 Å². The largest absolute Gasteiger partial charge is 0.352 e. The zero-order chi connectivity index (χ0) is 6.57. The van der Waals surface area contributed by atoms with Crippen LogP contribution >= 0.6 is 0 Å². The molecule has 0 aliphatic carbocycles. The van der Waals surface area contributed by atoms with Crippen LogP contribution in [0, 0.1) is 6.04 Å². The first-order valence-corrected chi connectivity index (χ1v) is 2.14. The lowest BCUT2D eigenvalue weighted by atomic mass is 10.4. The van der Waals surface area contributed by atoms with E-state index in [-0.39, 0.29) is 0 Å². The van der Waals surface area contributed by atoms with Crippen LogP contribution < -0.4 is 11.1 Å².